The van der Waals surface area contributed by atoms with Crippen molar-refractivity contribution < 1.29 is 9.15 Å². The zero-order valence-electron chi connectivity index (χ0n) is 17.4. The molecule has 0 aliphatic heterocycles. The largest absolute Gasteiger partial charge is 0.490 e. The van der Waals surface area contributed by atoms with E-state index in [1.165, 1.54) is 12.8 Å². The number of benzene rings is 1. The fraction of sp³-hybridized carbons (Fsp3) is 0.545. The SMILES string of the molecule is CN=C(NCc1ncc(C(C)(C)C)o1)NCc1ccccc1OC1CCCC1. The molecule has 0 amide bonds. The van der Waals surface area contributed by atoms with Gasteiger partial charge in [-0.25, -0.2) is 4.98 Å². The van der Waals surface area contributed by atoms with Crippen molar-refractivity contribution in [3.8, 4) is 5.75 Å². The van der Waals surface area contributed by atoms with E-state index < -0.39 is 0 Å². The lowest BCUT2D eigenvalue weighted by atomic mass is 9.94. The van der Waals surface area contributed by atoms with Crippen LogP contribution in [0.2, 0.25) is 0 Å². The number of aliphatic imine (C=N–C) groups is 1. The van der Waals surface area contributed by atoms with Crippen LogP contribution in [0, 0.1) is 0 Å². The molecule has 1 aliphatic carbocycles. The molecular formula is C22H32N4O2. The summed E-state index contributed by atoms with van der Waals surface area (Å²) in [5, 5.41) is 6.60. The molecule has 1 saturated carbocycles. The van der Waals surface area contributed by atoms with Crippen molar-refractivity contribution in [3.63, 3.8) is 0 Å². The van der Waals surface area contributed by atoms with Gasteiger partial charge in [-0.1, -0.05) is 39.0 Å². The summed E-state index contributed by atoms with van der Waals surface area (Å²) in [4.78, 5) is 8.64. The second-order valence-electron chi connectivity index (χ2n) is 8.28. The molecule has 1 aromatic carbocycles. The first kappa shape index (κ1) is 20.2. The van der Waals surface area contributed by atoms with E-state index in [0.717, 1.165) is 29.9 Å². The van der Waals surface area contributed by atoms with E-state index in [0.29, 0.717) is 31.0 Å². The van der Waals surface area contributed by atoms with E-state index >= 15 is 0 Å². The van der Waals surface area contributed by atoms with E-state index in [2.05, 4.69) is 47.4 Å². The summed E-state index contributed by atoms with van der Waals surface area (Å²) in [5.41, 5.74) is 1.08. The Bertz CT molecular complexity index is 786. The molecule has 2 N–H and O–H groups in total. The molecule has 152 valence electrons. The zero-order chi connectivity index (χ0) is 20.0. The first-order valence-electron chi connectivity index (χ1n) is 10.1. The maximum Gasteiger partial charge on any atom is 0.213 e. The van der Waals surface area contributed by atoms with Crippen LogP contribution >= 0.6 is 0 Å². The van der Waals surface area contributed by atoms with Crippen LogP contribution in [0.1, 0.15) is 63.7 Å². The van der Waals surface area contributed by atoms with E-state index in [-0.39, 0.29) is 5.41 Å². The van der Waals surface area contributed by atoms with E-state index in [1.807, 2.05) is 18.2 Å². The average Bonchev–Trinajstić information content (AvgIpc) is 3.34. The minimum Gasteiger partial charge on any atom is -0.490 e. The third kappa shape index (κ3) is 5.50. The number of nitrogens with zero attached hydrogens (tertiary/aromatic N) is 2. The summed E-state index contributed by atoms with van der Waals surface area (Å²) in [6.07, 6.45) is 6.97. The van der Waals surface area contributed by atoms with Gasteiger partial charge in [0.15, 0.2) is 5.96 Å². The molecule has 6 nitrogen and oxygen atoms in total. The molecule has 0 unspecified atom stereocenters. The number of para-hydroxylation sites is 1. The van der Waals surface area contributed by atoms with Crippen LogP contribution in [0.25, 0.3) is 0 Å². The average molecular weight is 385 g/mol. The molecular weight excluding hydrogens is 352 g/mol. The number of aromatic nitrogens is 1. The summed E-state index contributed by atoms with van der Waals surface area (Å²) >= 11 is 0. The monoisotopic (exact) mass is 384 g/mol. The third-order valence-electron chi connectivity index (χ3n) is 4.94. The quantitative estimate of drug-likeness (QED) is 0.578. The van der Waals surface area contributed by atoms with Crippen molar-refractivity contribution in [2.75, 3.05) is 7.05 Å². The molecule has 1 heterocycles. The van der Waals surface area contributed by atoms with Crippen molar-refractivity contribution >= 4 is 5.96 Å². The van der Waals surface area contributed by atoms with Gasteiger partial charge in [0.25, 0.3) is 0 Å². The van der Waals surface area contributed by atoms with Crippen molar-refractivity contribution in [1.29, 1.82) is 0 Å². The predicted octanol–water partition coefficient (Wildman–Crippen LogP) is 4.16. The van der Waals surface area contributed by atoms with Gasteiger partial charge >= 0.3 is 0 Å². The van der Waals surface area contributed by atoms with Crippen LogP contribution in [0.4, 0.5) is 0 Å². The number of rotatable bonds is 6. The highest BCUT2D eigenvalue weighted by molar-refractivity contribution is 5.79. The van der Waals surface area contributed by atoms with Gasteiger partial charge in [-0.05, 0) is 31.7 Å². The van der Waals surface area contributed by atoms with Gasteiger partial charge in [0.05, 0.1) is 18.8 Å². The number of nitrogens with one attached hydrogen (secondary N) is 2. The van der Waals surface area contributed by atoms with Crippen LogP contribution in [-0.2, 0) is 18.5 Å². The molecule has 6 heteroatoms. The van der Waals surface area contributed by atoms with Crippen molar-refractivity contribution in [3.05, 3.63) is 47.7 Å². The topological polar surface area (TPSA) is 71.7 Å². The smallest absolute Gasteiger partial charge is 0.213 e. The molecule has 0 saturated heterocycles. The lowest BCUT2D eigenvalue weighted by molar-refractivity contribution is 0.208. The minimum absolute atomic E-state index is 0.0474. The van der Waals surface area contributed by atoms with E-state index in [9.17, 15) is 0 Å². The highest BCUT2D eigenvalue weighted by atomic mass is 16.5. The van der Waals surface area contributed by atoms with Gasteiger partial charge in [0, 0.05) is 24.6 Å². The van der Waals surface area contributed by atoms with Crippen molar-refractivity contribution in [1.82, 2.24) is 15.6 Å². The van der Waals surface area contributed by atoms with Gasteiger partial charge in [-0.2, -0.15) is 0 Å². The number of hydrogen-bond acceptors (Lipinski definition) is 4. The summed E-state index contributed by atoms with van der Waals surface area (Å²) in [5.74, 6) is 3.19. The normalized spacial score (nSPS) is 15.6. The summed E-state index contributed by atoms with van der Waals surface area (Å²) in [7, 11) is 1.76. The van der Waals surface area contributed by atoms with Gasteiger partial charge in [-0.3, -0.25) is 4.99 Å². The Labute approximate surface area is 167 Å². The zero-order valence-corrected chi connectivity index (χ0v) is 17.4. The van der Waals surface area contributed by atoms with Crippen LogP contribution in [-0.4, -0.2) is 24.1 Å². The van der Waals surface area contributed by atoms with E-state index in [1.54, 1.807) is 13.2 Å². The molecule has 28 heavy (non-hydrogen) atoms. The van der Waals surface area contributed by atoms with Crippen molar-refractivity contribution in [2.45, 2.75) is 71.1 Å². The first-order valence-corrected chi connectivity index (χ1v) is 10.1. The van der Waals surface area contributed by atoms with E-state index in [4.69, 9.17) is 9.15 Å². The number of guanidine groups is 1. The first-order chi connectivity index (χ1) is 13.5. The Morgan fingerprint density at radius 2 is 1.89 bits per heavy atom. The van der Waals surface area contributed by atoms with Gasteiger partial charge in [0.2, 0.25) is 5.89 Å². The molecule has 0 radical (unpaired) electrons. The minimum atomic E-state index is -0.0474. The predicted molar refractivity (Wildman–Crippen MR) is 112 cm³/mol. The third-order valence-corrected chi connectivity index (χ3v) is 4.94. The van der Waals surface area contributed by atoms with Crippen LogP contribution in [0.15, 0.2) is 39.9 Å². The molecule has 0 spiro atoms. The van der Waals surface area contributed by atoms with Gasteiger partial charge < -0.3 is 19.8 Å². The summed E-state index contributed by atoms with van der Waals surface area (Å²) in [6, 6.07) is 8.20. The van der Waals surface area contributed by atoms with Gasteiger partial charge in [0.1, 0.15) is 11.5 Å². The number of hydrogen-bond donors (Lipinski definition) is 2. The summed E-state index contributed by atoms with van der Waals surface area (Å²) < 4.78 is 12.0. The molecule has 2 aromatic rings. The highest BCUT2D eigenvalue weighted by Gasteiger charge is 2.19. The van der Waals surface area contributed by atoms with Gasteiger partial charge in [-0.15, -0.1) is 0 Å². The Balaban J connectivity index is 1.53. The lowest BCUT2D eigenvalue weighted by Gasteiger charge is -2.17. The Hall–Kier alpha value is -2.50. The molecule has 0 atom stereocenters. The van der Waals surface area contributed by atoms with Crippen LogP contribution < -0.4 is 15.4 Å². The molecule has 1 aromatic heterocycles. The second-order valence-corrected chi connectivity index (χ2v) is 8.28. The van der Waals surface area contributed by atoms with Crippen molar-refractivity contribution in [2.24, 2.45) is 4.99 Å². The van der Waals surface area contributed by atoms with Crippen LogP contribution in [0.3, 0.4) is 0 Å². The Morgan fingerprint density at radius 3 is 2.57 bits per heavy atom. The fourth-order valence-corrected chi connectivity index (χ4v) is 3.25. The molecule has 0 bridgehead atoms. The molecule has 1 fully saturated rings. The maximum absolute atomic E-state index is 6.21. The highest BCUT2D eigenvalue weighted by Crippen LogP contribution is 2.26. The Kier molecular flexibility index (Phi) is 6.60. The molecule has 1 aliphatic rings. The standard InChI is InChI=1S/C22H32N4O2/c1-22(2,3)19-14-24-20(28-19)15-26-21(23-4)25-13-16-9-5-8-12-18(16)27-17-10-6-7-11-17/h5,8-9,12,14,17H,6-7,10-11,13,15H2,1-4H3,(H2,23,25,26). The number of oxazole rings is 1. The van der Waals surface area contributed by atoms with Crippen LogP contribution in [0.5, 0.6) is 5.75 Å². The lowest BCUT2D eigenvalue weighted by Crippen LogP contribution is -2.36. The summed E-state index contributed by atoms with van der Waals surface area (Å²) in [6.45, 7) is 7.44. The fourth-order valence-electron chi connectivity index (χ4n) is 3.25. The second kappa shape index (κ2) is 9.13. The molecule has 3 rings (SSSR count). The Morgan fingerprint density at radius 1 is 1.18 bits per heavy atom. The maximum atomic E-state index is 6.21. The number of ether oxygens (including phenoxy) is 1.